The molecular weight excluding hydrogens is 238 g/mol. The molecule has 17 heavy (non-hydrogen) atoms. The smallest absolute Gasteiger partial charge is 0.322 e. The van der Waals surface area contributed by atoms with Crippen molar-refractivity contribution in [3.8, 4) is 11.5 Å². The molecule has 0 aliphatic heterocycles. The van der Waals surface area contributed by atoms with E-state index >= 15 is 0 Å². The summed E-state index contributed by atoms with van der Waals surface area (Å²) >= 11 is 1.56. The number of nitrogens with one attached hydrogen (secondary N) is 1. The maximum Gasteiger partial charge on any atom is 0.322 e. The van der Waals surface area contributed by atoms with Crippen molar-refractivity contribution in [2.45, 2.75) is 19.3 Å². The average Bonchev–Trinajstić information content (AvgIpc) is 2.82. The summed E-state index contributed by atoms with van der Waals surface area (Å²) < 4.78 is 5.37. The Morgan fingerprint density at radius 2 is 2.35 bits per heavy atom. The highest BCUT2D eigenvalue weighted by molar-refractivity contribution is 7.08. The Hall–Kier alpha value is -1.69. The van der Waals surface area contributed by atoms with Gasteiger partial charge < -0.3 is 4.42 Å². The van der Waals surface area contributed by atoms with Crippen LogP contribution in [0.25, 0.3) is 11.5 Å². The Morgan fingerprint density at radius 3 is 3.00 bits per heavy atom. The molecular formula is C11H11N3O2S. The standard InChI is InChI=1S/C11H11N3O2S/c15-9(7-2-1-3-7)12-11-14-13-10(16-11)8-4-5-17-6-8/h4-7H,1-3H2,(H,12,14,15). The lowest BCUT2D eigenvalue weighted by Crippen LogP contribution is -2.28. The van der Waals surface area contributed by atoms with Crippen molar-refractivity contribution in [3.05, 3.63) is 16.8 Å². The van der Waals surface area contributed by atoms with Gasteiger partial charge in [0.05, 0.1) is 0 Å². The molecule has 1 aliphatic carbocycles. The zero-order valence-electron chi connectivity index (χ0n) is 9.05. The lowest BCUT2D eigenvalue weighted by atomic mass is 9.85. The minimum absolute atomic E-state index is 0.0169. The van der Waals surface area contributed by atoms with E-state index in [2.05, 4.69) is 15.5 Å². The second-order valence-electron chi connectivity index (χ2n) is 4.04. The lowest BCUT2D eigenvalue weighted by molar-refractivity contribution is -0.122. The fraction of sp³-hybridized carbons (Fsp3) is 0.364. The third-order valence-corrected chi connectivity index (χ3v) is 3.58. The predicted octanol–water partition coefficient (Wildman–Crippen LogP) is 2.54. The molecule has 2 aromatic rings. The number of carbonyl (C=O) groups excluding carboxylic acids is 1. The molecule has 0 unspecified atom stereocenters. The van der Waals surface area contributed by atoms with Crippen molar-refractivity contribution in [2.75, 3.05) is 5.32 Å². The highest BCUT2D eigenvalue weighted by Crippen LogP contribution is 2.28. The summed E-state index contributed by atoms with van der Waals surface area (Å²) in [6.45, 7) is 0. The molecule has 0 atom stereocenters. The fourth-order valence-electron chi connectivity index (χ4n) is 1.65. The Balaban J connectivity index is 1.70. The maximum absolute atomic E-state index is 11.7. The summed E-state index contributed by atoms with van der Waals surface area (Å²) in [6.07, 6.45) is 3.04. The minimum atomic E-state index is -0.0169. The fourth-order valence-corrected chi connectivity index (χ4v) is 2.28. The van der Waals surface area contributed by atoms with Crippen LogP contribution in [0.15, 0.2) is 21.2 Å². The van der Waals surface area contributed by atoms with E-state index in [1.807, 2.05) is 16.8 Å². The molecule has 1 amide bonds. The van der Waals surface area contributed by atoms with Gasteiger partial charge in [-0.15, -0.1) is 5.10 Å². The number of aromatic nitrogens is 2. The van der Waals surface area contributed by atoms with Crippen molar-refractivity contribution < 1.29 is 9.21 Å². The van der Waals surface area contributed by atoms with Gasteiger partial charge in [-0.25, -0.2) is 0 Å². The number of hydrogen-bond donors (Lipinski definition) is 1. The number of anilines is 1. The van der Waals surface area contributed by atoms with Crippen LogP contribution in [0.3, 0.4) is 0 Å². The van der Waals surface area contributed by atoms with Gasteiger partial charge in [-0.05, 0) is 24.3 Å². The summed E-state index contributed by atoms with van der Waals surface area (Å²) in [6, 6.07) is 2.08. The highest BCUT2D eigenvalue weighted by atomic mass is 32.1. The van der Waals surface area contributed by atoms with E-state index in [0.717, 1.165) is 24.8 Å². The molecule has 0 saturated heterocycles. The van der Waals surface area contributed by atoms with Gasteiger partial charge >= 0.3 is 6.01 Å². The molecule has 0 aromatic carbocycles. The van der Waals surface area contributed by atoms with Gasteiger partial charge in [-0.2, -0.15) is 11.3 Å². The molecule has 1 saturated carbocycles. The molecule has 0 bridgehead atoms. The summed E-state index contributed by atoms with van der Waals surface area (Å²) in [4.78, 5) is 11.7. The third-order valence-electron chi connectivity index (χ3n) is 2.90. The quantitative estimate of drug-likeness (QED) is 0.907. The topological polar surface area (TPSA) is 68.0 Å². The van der Waals surface area contributed by atoms with Crippen LogP contribution in [0, 0.1) is 5.92 Å². The van der Waals surface area contributed by atoms with E-state index in [-0.39, 0.29) is 17.8 Å². The molecule has 2 heterocycles. The Morgan fingerprint density at radius 1 is 1.47 bits per heavy atom. The van der Waals surface area contributed by atoms with Crippen LogP contribution in [0.2, 0.25) is 0 Å². The number of nitrogens with zero attached hydrogens (tertiary/aromatic N) is 2. The van der Waals surface area contributed by atoms with Crippen molar-refractivity contribution in [2.24, 2.45) is 5.92 Å². The van der Waals surface area contributed by atoms with Gasteiger partial charge in [-0.3, -0.25) is 10.1 Å². The molecule has 88 valence electrons. The van der Waals surface area contributed by atoms with Crippen molar-refractivity contribution >= 4 is 23.3 Å². The van der Waals surface area contributed by atoms with E-state index in [1.54, 1.807) is 11.3 Å². The lowest BCUT2D eigenvalue weighted by Gasteiger charge is -2.22. The zero-order valence-corrected chi connectivity index (χ0v) is 9.87. The number of rotatable bonds is 3. The SMILES string of the molecule is O=C(Nc1nnc(-c2ccsc2)o1)C1CCC1. The summed E-state index contributed by atoms with van der Waals surface area (Å²) in [7, 11) is 0. The first-order chi connectivity index (χ1) is 8.33. The Kier molecular flexibility index (Phi) is 2.64. The molecule has 1 fully saturated rings. The van der Waals surface area contributed by atoms with Crippen LogP contribution in [-0.4, -0.2) is 16.1 Å². The Labute approximate surface area is 102 Å². The van der Waals surface area contributed by atoms with E-state index < -0.39 is 0 Å². The second kappa shape index (κ2) is 4.29. The summed E-state index contributed by atoms with van der Waals surface area (Å²) in [5.41, 5.74) is 0.881. The zero-order chi connectivity index (χ0) is 11.7. The van der Waals surface area contributed by atoms with E-state index in [4.69, 9.17) is 4.42 Å². The number of carbonyl (C=O) groups is 1. The van der Waals surface area contributed by atoms with Crippen LogP contribution in [0.4, 0.5) is 6.01 Å². The predicted molar refractivity (Wildman–Crippen MR) is 63.6 cm³/mol. The van der Waals surface area contributed by atoms with E-state index in [9.17, 15) is 4.79 Å². The largest absolute Gasteiger partial charge is 0.403 e. The van der Waals surface area contributed by atoms with Crippen LogP contribution >= 0.6 is 11.3 Å². The van der Waals surface area contributed by atoms with Crippen LogP contribution in [-0.2, 0) is 4.79 Å². The monoisotopic (exact) mass is 249 g/mol. The molecule has 3 rings (SSSR count). The summed E-state index contributed by atoms with van der Waals surface area (Å²) in [5.74, 6) is 0.540. The molecule has 0 spiro atoms. The average molecular weight is 249 g/mol. The van der Waals surface area contributed by atoms with Gasteiger partial charge in [0, 0.05) is 16.9 Å². The van der Waals surface area contributed by atoms with Crippen LogP contribution in [0.5, 0.6) is 0 Å². The van der Waals surface area contributed by atoms with Crippen LogP contribution in [0.1, 0.15) is 19.3 Å². The number of amides is 1. The van der Waals surface area contributed by atoms with Crippen LogP contribution < -0.4 is 5.32 Å². The molecule has 2 aromatic heterocycles. The number of hydrogen-bond acceptors (Lipinski definition) is 5. The molecule has 1 N–H and O–H groups in total. The first-order valence-corrected chi connectivity index (χ1v) is 6.44. The van der Waals surface area contributed by atoms with Crippen molar-refractivity contribution in [1.29, 1.82) is 0 Å². The van der Waals surface area contributed by atoms with Crippen molar-refractivity contribution in [3.63, 3.8) is 0 Å². The van der Waals surface area contributed by atoms with Gasteiger partial charge in [0.2, 0.25) is 5.91 Å². The second-order valence-corrected chi connectivity index (χ2v) is 4.82. The Bertz CT molecular complexity index is 517. The molecule has 5 nitrogen and oxygen atoms in total. The summed E-state index contributed by atoms with van der Waals surface area (Å²) in [5, 5.41) is 14.2. The highest BCUT2D eigenvalue weighted by Gasteiger charge is 2.26. The number of thiophene rings is 1. The molecule has 1 aliphatic rings. The maximum atomic E-state index is 11.7. The minimum Gasteiger partial charge on any atom is -0.403 e. The van der Waals surface area contributed by atoms with Gasteiger partial charge in [0.15, 0.2) is 0 Å². The first kappa shape index (κ1) is 10.5. The van der Waals surface area contributed by atoms with Gasteiger partial charge in [0.1, 0.15) is 0 Å². The third kappa shape index (κ3) is 2.08. The molecule has 0 radical (unpaired) electrons. The van der Waals surface area contributed by atoms with Gasteiger partial charge in [0.25, 0.3) is 5.89 Å². The first-order valence-electron chi connectivity index (χ1n) is 5.50. The van der Waals surface area contributed by atoms with E-state index in [1.165, 1.54) is 0 Å². The normalized spacial score (nSPS) is 15.5. The van der Waals surface area contributed by atoms with E-state index in [0.29, 0.717) is 5.89 Å². The van der Waals surface area contributed by atoms with Crippen molar-refractivity contribution in [1.82, 2.24) is 10.2 Å². The van der Waals surface area contributed by atoms with Gasteiger partial charge in [-0.1, -0.05) is 11.5 Å². The molecule has 6 heteroatoms.